The molecule has 0 aliphatic carbocycles. The minimum absolute atomic E-state index is 0.296. The molecule has 1 aromatic heterocycles. The van der Waals surface area contributed by atoms with E-state index >= 15 is 0 Å². The van der Waals surface area contributed by atoms with E-state index in [1.54, 1.807) is 4.68 Å². The maximum absolute atomic E-state index is 5.73. The van der Waals surface area contributed by atoms with E-state index in [-0.39, 0.29) is 0 Å². The van der Waals surface area contributed by atoms with Crippen molar-refractivity contribution in [2.45, 2.75) is 6.61 Å². The summed E-state index contributed by atoms with van der Waals surface area (Å²) in [5.74, 6) is 1.40. The fraction of sp³-hybridized carbons (Fsp3) is 0.0714. The molecule has 0 bridgehead atoms. The monoisotopic (exact) mass is 330 g/mol. The molecule has 0 radical (unpaired) electrons. The third-order valence-corrected chi connectivity index (χ3v) is 3.38. The molecule has 0 saturated heterocycles. The maximum Gasteiger partial charge on any atom is 0.194 e. The number of benzene rings is 2. The molecule has 0 unspecified atom stereocenters. The Morgan fingerprint density at radius 1 is 1.00 bits per heavy atom. The van der Waals surface area contributed by atoms with Crippen LogP contribution in [-0.2, 0) is 6.61 Å². The van der Waals surface area contributed by atoms with Crippen LogP contribution in [0.2, 0.25) is 0 Å². The zero-order chi connectivity index (χ0) is 13.8. The van der Waals surface area contributed by atoms with Crippen molar-refractivity contribution in [2.24, 2.45) is 0 Å². The van der Waals surface area contributed by atoms with Gasteiger partial charge in [-0.05, 0) is 50.6 Å². The molecule has 0 atom stereocenters. The molecule has 20 heavy (non-hydrogen) atoms. The van der Waals surface area contributed by atoms with Gasteiger partial charge in [-0.15, -0.1) is 5.10 Å². The molecular formula is C14H11BrN4O. The Morgan fingerprint density at radius 3 is 2.55 bits per heavy atom. The largest absolute Gasteiger partial charge is 0.484 e. The van der Waals surface area contributed by atoms with E-state index in [0.717, 1.165) is 15.9 Å². The highest BCUT2D eigenvalue weighted by atomic mass is 79.9. The van der Waals surface area contributed by atoms with Crippen molar-refractivity contribution >= 4 is 15.9 Å². The lowest BCUT2D eigenvalue weighted by atomic mass is 10.3. The Kier molecular flexibility index (Phi) is 3.73. The van der Waals surface area contributed by atoms with Crippen LogP contribution in [0, 0.1) is 0 Å². The third-order valence-electron chi connectivity index (χ3n) is 2.73. The zero-order valence-electron chi connectivity index (χ0n) is 10.5. The molecular weight excluding hydrogens is 320 g/mol. The van der Waals surface area contributed by atoms with E-state index in [1.165, 1.54) is 0 Å². The molecule has 0 fully saturated rings. The highest BCUT2D eigenvalue weighted by molar-refractivity contribution is 9.10. The van der Waals surface area contributed by atoms with Gasteiger partial charge < -0.3 is 4.74 Å². The molecule has 3 rings (SSSR count). The van der Waals surface area contributed by atoms with E-state index in [1.807, 2.05) is 54.6 Å². The van der Waals surface area contributed by atoms with Gasteiger partial charge in [-0.25, -0.2) is 0 Å². The first-order valence-corrected chi connectivity index (χ1v) is 6.84. The summed E-state index contributed by atoms with van der Waals surface area (Å²) in [5.41, 5.74) is 0.906. The van der Waals surface area contributed by atoms with Gasteiger partial charge in [-0.1, -0.05) is 30.3 Å². The fourth-order valence-electron chi connectivity index (χ4n) is 1.77. The van der Waals surface area contributed by atoms with Crippen molar-refractivity contribution < 1.29 is 4.74 Å². The fourth-order valence-corrected chi connectivity index (χ4v) is 2.17. The lowest BCUT2D eigenvalue weighted by molar-refractivity contribution is 0.290. The van der Waals surface area contributed by atoms with E-state index in [2.05, 4.69) is 31.5 Å². The summed E-state index contributed by atoms with van der Waals surface area (Å²) in [7, 11) is 0. The number of tetrazole rings is 1. The van der Waals surface area contributed by atoms with Gasteiger partial charge in [-0.3, -0.25) is 0 Å². The molecule has 6 heteroatoms. The van der Waals surface area contributed by atoms with Crippen LogP contribution in [0.4, 0.5) is 0 Å². The van der Waals surface area contributed by atoms with Crippen LogP contribution >= 0.6 is 15.9 Å². The summed E-state index contributed by atoms with van der Waals surface area (Å²) in [6, 6.07) is 17.4. The molecule has 0 amide bonds. The van der Waals surface area contributed by atoms with Crippen LogP contribution in [0.25, 0.3) is 5.69 Å². The Bertz CT molecular complexity index is 699. The molecule has 0 aliphatic heterocycles. The molecule has 0 saturated carbocycles. The summed E-state index contributed by atoms with van der Waals surface area (Å²) < 4.78 is 8.30. The number of hydrogen-bond donors (Lipinski definition) is 0. The van der Waals surface area contributed by atoms with Crippen LogP contribution in [-0.4, -0.2) is 20.2 Å². The van der Waals surface area contributed by atoms with Gasteiger partial charge in [0.1, 0.15) is 12.4 Å². The number of rotatable bonds is 4. The average Bonchev–Trinajstić information content (AvgIpc) is 2.96. The van der Waals surface area contributed by atoms with Crippen LogP contribution in [0.3, 0.4) is 0 Å². The Hall–Kier alpha value is -2.21. The number of hydrogen-bond acceptors (Lipinski definition) is 4. The topological polar surface area (TPSA) is 52.8 Å². The number of ether oxygens (including phenoxy) is 1. The second-order valence-electron chi connectivity index (χ2n) is 4.06. The predicted molar refractivity (Wildman–Crippen MR) is 77.6 cm³/mol. The van der Waals surface area contributed by atoms with Gasteiger partial charge in [0.2, 0.25) is 0 Å². The lowest BCUT2D eigenvalue weighted by Crippen LogP contribution is -2.06. The highest BCUT2D eigenvalue weighted by Gasteiger charge is 2.09. The van der Waals surface area contributed by atoms with Crippen molar-refractivity contribution in [1.82, 2.24) is 20.2 Å². The minimum atomic E-state index is 0.296. The van der Waals surface area contributed by atoms with Gasteiger partial charge in [0, 0.05) is 0 Å². The van der Waals surface area contributed by atoms with Crippen molar-refractivity contribution in [2.75, 3.05) is 0 Å². The first-order valence-electron chi connectivity index (χ1n) is 6.04. The molecule has 0 aliphatic rings. The van der Waals surface area contributed by atoms with Gasteiger partial charge in [0.15, 0.2) is 5.82 Å². The van der Waals surface area contributed by atoms with E-state index < -0.39 is 0 Å². The SMILES string of the molecule is Brc1ccccc1OCc1nnnn1-c1ccccc1. The summed E-state index contributed by atoms with van der Waals surface area (Å²) in [6.45, 7) is 0.296. The Morgan fingerprint density at radius 2 is 1.75 bits per heavy atom. The lowest BCUT2D eigenvalue weighted by Gasteiger charge is -2.08. The quantitative estimate of drug-likeness (QED) is 0.737. The van der Waals surface area contributed by atoms with Crippen molar-refractivity contribution in [3.8, 4) is 11.4 Å². The molecule has 3 aromatic rings. The third kappa shape index (κ3) is 2.70. The number of halogens is 1. The maximum atomic E-state index is 5.73. The normalized spacial score (nSPS) is 10.4. The summed E-state index contributed by atoms with van der Waals surface area (Å²) in [5, 5.41) is 11.7. The Labute approximate surface area is 124 Å². The number of aromatic nitrogens is 4. The smallest absolute Gasteiger partial charge is 0.194 e. The first kappa shape index (κ1) is 12.8. The van der Waals surface area contributed by atoms with Crippen LogP contribution in [0.1, 0.15) is 5.82 Å². The highest BCUT2D eigenvalue weighted by Crippen LogP contribution is 2.24. The first-order chi connectivity index (χ1) is 9.84. The summed E-state index contributed by atoms with van der Waals surface area (Å²) in [6.07, 6.45) is 0. The van der Waals surface area contributed by atoms with Crippen molar-refractivity contribution in [1.29, 1.82) is 0 Å². The molecule has 0 spiro atoms. The second kappa shape index (κ2) is 5.83. The molecule has 1 heterocycles. The van der Waals surface area contributed by atoms with Gasteiger partial charge in [0.25, 0.3) is 0 Å². The van der Waals surface area contributed by atoms with Crippen LogP contribution < -0.4 is 4.74 Å². The summed E-state index contributed by atoms with van der Waals surface area (Å²) in [4.78, 5) is 0. The standard InChI is InChI=1S/C14H11BrN4O/c15-12-8-4-5-9-13(12)20-10-14-16-17-18-19(14)11-6-2-1-3-7-11/h1-9H,10H2. The molecule has 5 nitrogen and oxygen atoms in total. The zero-order valence-corrected chi connectivity index (χ0v) is 12.1. The molecule has 2 aromatic carbocycles. The van der Waals surface area contributed by atoms with Crippen molar-refractivity contribution in [3.63, 3.8) is 0 Å². The molecule has 0 N–H and O–H groups in total. The average molecular weight is 331 g/mol. The van der Waals surface area contributed by atoms with Gasteiger partial charge >= 0.3 is 0 Å². The van der Waals surface area contributed by atoms with Crippen LogP contribution in [0.5, 0.6) is 5.75 Å². The van der Waals surface area contributed by atoms with Gasteiger partial charge in [-0.2, -0.15) is 4.68 Å². The number of nitrogens with zero attached hydrogens (tertiary/aromatic N) is 4. The number of para-hydroxylation sites is 2. The van der Waals surface area contributed by atoms with E-state index in [4.69, 9.17) is 4.74 Å². The van der Waals surface area contributed by atoms with Crippen molar-refractivity contribution in [3.05, 3.63) is 64.9 Å². The predicted octanol–water partition coefficient (Wildman–Crippen LogP) is 3.00. The molecule has 100 valence electrons. The van der Waals surface area contributed by atoms with E-state index in [9.17, 15) is 0 Å². The van der Waals surface area contributed by atoms with E-state index in [0.29, 0.717) is 12.4 Å². The summed E-state index contributed by atoms with van der Waals surface area (Å²) >= 11 is 3.44. The minimum Gasteiger partial charge on any atom is -0.484 e. The van der Waals surface area contributed by atoms with Gasteiger partial charge in [0.05, 0.1) is 10.2 Å². The Balaban J connectivity index is 1.80. The van der Waals surface area contributed by atoms with Crippen LogP contribution in [0.15, 0.2) is 59.1 Å². The second-order valence-corrected chi connectivity index (χ2v) is 4.92.